The van der Waals surface area contributed by atoms with Gasteiger partial charge in [-0.15, -0.1) is 0 Å². The Morgan fingerprint density at radius 1 is 1.11 bits per heavy atom. The van der Waals surface area contributed by atoms with Gasteiger partial charge in [0.15, 0.2) is 5.78 Å². The van der Waals surface area contributed by atoms with Crippen molar-refractivity contribution in [3.8, 4) is 0 Å². The molecule has 3 nitrogen and oxygen atoms in total. The van der Waals surface area contributed by atoms with E-state index in [0.717, 1.165) is 38.5 Å². The maximum atomic E-state index is 12.1. The average Bonchev–Trinajstić information content (AvgIpc) is 3.30. The van der Waals surface area contributed by atoms with Crippen LogP contribution in [0.15, 0.2) is 0 Å². The summed E-state index contributed by atoms with van der Waals surface area (Å²) in [7, 11) is 0. The van der Waals surface area contributed by atoms with Gasteiger partial charge in [-0.2, -0.15) is 0 Å². The minimum atomic E-state index is -0.118. The number of rotatable bonds is 5. The van der Waals surface area contributed by atoms with Crippen LogP contribution in [0, 0.1) is 11.8 Å². The lowest BCUT2D eigenvalue weighted by atomic mass is 9.87. The van der Waals surface area contributed by atoms with E-state index in [1.807, 2.05) is 0 Å². The topological polar surface area (TPSA) is 29.5 Å². The zero-order chi connectivity index (χ0) is 13.1. The van der Waals surface area contributed by atoms with E-state index in [0.29, 0.717) is 11.7 Å². The van der Waals surface area contributed by atoms with Crippen molar-refractivity contribution in [2.45, 2.75) is 57.5 Å². The van der Waals surface area contributed by atoms with Gasteiger partial charge in [0.2, 0.25) is 0 Å². The molecule has 3 rings (SSSR count). The average molecular weight is 265 g/mol. The second-order valence-electron chi connectivity index (χ2n) is 6.63. The number of Topliss-reactive ketones (excluding diaryl/α,β-unsaturated/α-hetero) is 1. The molecule has 1 aliphatic heterocycles. The highest BCUT2D eigenvalue weighted by atomic mass is 16.5. The Labute approximate surface area is 116 Å². The Morgan fingerprint density at radius 2 is 1.89 bits per heavy atom. The fourth-order valence-electron chi connectivity index (χ4n) is 3.55. The number of carbonyl (C=O) groups excluding carboxylic acids is 1. The largest absolute Gasteiger partial charge is 0.368 e. The molecule has 1 unspecified atom stereocenters. The van der Waals surface area contributed by atoms with Crippen LogP contribution in [0.25, 0.3) is 0 Å². The first-order chi connectivity index (χ1) is 9.33. The van der Waals surface area contributed by atoms with E-state index < -0.39 is 0 Å². The molecule has 108 valence electrons. The molecule has 2 saturated carbocycles. The lowest BCUT2D eigenvalue weighted by Gasteiger charge is -2.33. The highest BCUT2D eigenvalue weighted by Crippen LogP contribution is 2.32. The van der Waals surface area contributed by atoms with E-state index in [9.17, 15) is 4.79 Å². The summed E-state index contributed by atoms with van der Waals surface area (Å²) in [6, 6.07) is 0. The van der Waals surface area contributed by atoms with Gasteiger partial charge < -0.3 is 4.74 Å². The van der Waals surface area contributed by atoms with Crippen LogP contribution < -0.4 is 0 Å². The summed E-state index contributed by atoms with van der Waals surface area (Å²) in [5.74, 6) is 1.65. The second kappa shape index (κ2) is 6.36. The second-order valence-corrected chi connectivity index (χ2v) is 6.63. The molecule has 3 aliphatic rings. The molecular weight excluding hydrogens is 238 g/mol. The van der Waals surface area contributed by atoms with Crippen molar-refractivity contribution in [3.63, 3.8) is 0 Å². The van der Waals surface area contributed by atoms with Crippen molar-refractivity contribution < 1.29 is 9.53 Å². The molecule has 1 atom stereocenters. The Balaban J connectivity index is 1.41. The van der Waals surface area contributed by atoms with Crippen molar-refractivity contribution in [2.24, 2.45) is 11.8 Å². The maximum absolute atomic E-state index is 12.1. The zero-order valence-electron chi connectivity index (χ0n) is 12.0. The number of hydrogen-bond donors (Lipinski definition) is 0. The van der Waals surface area contributed by atoms with Gasteiger partial charge in [-0.1, -0.05) is 32.1 Å². The molecule has 0 aromatic carbocycles. The summed E-state index contributed by atoms with van der Waals surface area (Å²) >= 11 is 0. The van der Waals surface area contributed by atoms with Crippen molar-refractivity contribution in [1.82, 2.24) is 4.90 Å². The van der Waals surface area contributed by atoms with Crippen molar-refractivity contribution in [1.29, 1.82) is 0 Å². The third-order valence-corrected chi connectivity index (χ3v) is 5.03. The van der Waals surface area contributed by atoms with Crippen LogP contribution in [0.3, 0.4) is 0 Å². The van der Waals surface area contributed by atoms with E-state index in [1.165, 1.54) is 45.1 Å². The normalized spacial score (nSPS) is 30.4. The van der Waals surface area contributed by atoms with Crippen LogP contribution in [-0.2, 0) is 9.53 Å². The molecule has 0 aromatic rings. The molecule has 3 fully saturated rings. The predicted octanol–water partition coefficient (Wildman–Crippen LogP) is 2.64. The maximum Gasteiger partial charge on any atom is 0.165 e. The van der Waals surface area contributed by atoms with Gasteiger partial charge >= 0.3 is 0 Å². The summed E-state index contributed by atoms with van der Waals surface area (Å²) < 4.78 is 5.67. The lowest BCUT2D eigenvalue weighted by molar-refractivity contribution is -0.137. The third kappa shape index (κ3) is 3.79. The fraction of sp³-hybridized carbons (Fsp3) is 0.938. The molecule has 0 bridgehead atoms. The van der Waals surface area contributed by atoms with Gasteiger partial charge in [0.25, 0.3) is 0 Å². The number of nitrogens with zero attached hydrogens (tertiary/aromatic N) is 1. The zero-order valence-corrected chi connectivity index (χ0v) is 12.0. The Bertz CT molecular complexity index is 308. The number of ketones is 1. The number of hydrogen-bond acceptors (Lipinski definition) is 3. The fourth-order valence-corrected chi connectivity index (χ4v) is 3.55. The Kier molecular flexibility index (Phi) is 4.54. The van der Waals surface area contributed by atoms with E-state index in [2.05, 4.69) is 4.90 Å². The van der Waals surface area contributed by atoms with Crippen LogP contribution in [0.4, 0.5) is 0 Å². The van der Waals surface area contributed by atoms with Gasteiger partial charge in [-0.25, -0.2) is 0 Å². The lowest BCUT2D eigenvalue weighted by Crippen LogP contribution is -2.47. The smallest absolute Gasteiger partial charge is 0.165 e. The molecule has 0 radical (unpaired) electrons. The molecule has 19 heavy (non-hydrogen) atoms. The van der Waals surface area contributed by atoms with E-state index in [1.54, 1.807) is 0 Å². The van der Waals surface area contributed by atoms with Crippen molar-refractivity contribution >= 4 is 5.78 Å². The summed E-state index contributed by atoms with van der Waals surface area (Å²) in [5, 5.41) is 0. The van der Waals surface area contributed by atoms with E-state index in [4.69, 9.17) is 4.74 Å². The monoisotopic (exact) mass is 265 g/mol. The van der Waals surface area contributed by atoms with E-state index in [-0.39, 0.29) is 6.10 Å². The highest BCUT2D eigenvalue weighted by Gasteiger charge is 2.37. The Morgan fingerprint density at radius 3 is 2.63 bits per heavy atom. The first-order valence-electron chi connectivity index (χ1n) is 8.20. The van der Waals surface area contributed by atoms with Crippen LogP contribution in [0.2, 0.25) is 0 Å². The van der Waals surface area contributed by atoms with Crippen molar-refractivity contribution in [3.05, 3.63) is 0 Å². The minimum absolute atomic E-state index is 0.118. The first kappa shape index (κ1) is 13.6. The highest BCUT2D eigenvalue weighted by molar-refractivity contribution is 5.87. The quantitative estimate of drug-likeness (QED) is 0.765. The van der Waals surface area contributed by atoms with Crippen LogP contribution >= 0.6 is 0 Å². The van der Waals surface area contributed by atoms with E-state index >= 15 is 0 Å². The van der Waals surface area contributed by atoms with Crippen molar-refractivity contribution in [2.75, 3.05) is 26.2 Å². The van der Waals surface area contributed by atoms with Gasteiger partial charge in [0.1, 0.15) is 6.10 Å². The first-order valence-corrected chi connectivity index (χ1v) is 8.20. The van der Waals surface area contributed by atoms with Gasteiger partial charge in [-0.3, -0.25) is 9.69 Å². The molecule has 1 saturated heterocycles. The minimum Gasteiger partial charge on any atom is -0.368 e. The van der Waals surface area contributed by atoms with Gasteiger partial charge in [-0.05, 0) is 31.7 Å². The molecule has 0 aromatic heterocycles. The predicted molar refractivity (Wildman–Crippen MR) is 75.1 cm³/mol. The molecule has 0 N–H and O–H groups in total. The van der Waals surface area contributed by atoms with Crippen LogP contribution in [-0.4, -0.2) is 43.0 Å². The summed E-state index contributed by atoms with van der Waals surface area (Å²) in [6.07, 6.45) is 10.5. The van der Waals surface area contributed by atoms with Crippen LogP contribution in [0.1, 0.15) is 51.4 Å². The SMILES string of the molecule is O=C(C1CC1)C1CN(CCC2CCCCC2)CCO1. The van der Waals surface area contributed by atoms with Crippen LogP contribution in [0.5, 0.6) is 0 Å². The molecule has 3 heteroatoms. The number of morpholine rings is 1. The number of carbonyl (C=O) groups is 1. The standard InChI is InChI=1S/C16H27NO2/c18-16(14-6-7-14)15-12-17(10-11-19-15)9-8-13-4-2-1-3-5-13/h13-15H,1-12H2. The summed E-state index contributed by atoms with van der Waals surface area (Å²) in [6.45, 7) is 3.78. The molecule has 0 spiro atoms. The van der Waals surface area contributed by atoms with Gasteiger partial charge in [0.05, 0.1) is 6.61 Å². The van der Waals surface area contributed by atoms with Gasteiger partial charge in [0, 0.05) is 19.0 Å². The third-order valence-electron chi connectivity index (χ3n) is 5.03. The molecule has 2 aliphatic carbocycles. The molecule has 1 heterocycles. The summed E-state index contributed by atoms with van der Waals surface area (Å²) in [5.41, 5.74) is 0. The molecular formula is C16H27NO2. The Hall–Kier alpha value is -0.410. The number of ether oxygens (including phenoxy) is 1. The molecule has 0 amide bonds. The summed E-state index contributed by atoms with van der Waals surface area (Å²) in [4.78, 5) is 14.5.